The molecule has 2 fully saturated rings. The summed E-state index contributed by atoms with van der Waals surface area (Å²) in [6.07, 6.45) is 2.21. The van der Waals surface area contributed by atoms with Gasteiger partial charge in [0.25, 0.3) is 0 Å². The number of hydrogen-bond donors (Lipinski definition) is 2. The zero-order valence-electron chi connectivity index (χ0n) is 16.4. The largest absolute Gasteiger partial charge is 0.465 e. The Kier molecular flexibility index (Phi) is 5.49. The molecule has 0 spiro atoms. The van der Waals surface area contributed by atoms with Crippen LogP contribution in [0.5, 0.6) is 0 Å². The topological polar surface area (TPSA) is 67.6 Å². The molecule has 0 radical (unpaired) electrons. The maximum Gasteiger partial charge on any atom is 0.337 e. The molecule has 4 rings (SSSR count). The lowest BCUT2D eigenvalue weighted by atomic mass is 10.00. The Bertz CT molecular complexity index is 808. The molecule has 5 heteroatoms. The maximum atomic E-state index is 11.5. The number of nitrogens with two attached hydrogens (primary N) is 1. The van der Waals surface area contributed by atoms with Crippen LogP contribution in [0.15, 0.2) is 54.6 Å². The Morgan fingerprint density at radius 3 is 2.68 bits per heavy atom. The van der Waals surface area contributed by atoms with Crippen molar-refractivity contribution in [3.8, 4) is 0 Å². The Labute approximate surface area is 166 Å². The van der Waals surface area contributed by atoms with Crippen molar-refractivity contribution in [3.05, 3.63) is 71.3 Å². The number of esters is 1. The molecule has 0 amide bonds. The number of rotatable bonds is 7. The summed E-state index contributed by atoms with van der Waals surface area (Å²) in [4.78, 5) is 13.9. The zero-order chi connectivity index (χ0) is 19.6. The molecular weight excluding hydrogens is 350 g/mol. The zero-order valence-corrected chi connectivity index (χ0v) is 16.4. The van der Waals surface area contributed by atoms with E-state index in [9.17, 15) is 4.79 Å². The van der Waals surface area contributed by atoms with Crippen LogP contribution in [-0.2, 0) is 11.3 Å². The Morgan fingerprint density at radius 1 is 1.21 bits per heavy atom. The molecular formula is C23H29N3O2. The van der Waals surface area contributed by atoms with Gasteiger partial charge in [-0.15, -0.1) is 0 Å². The summed E-state index contributed by atoms with van der Waals surface area (Å²) >= 11 is 0. The fourth-order valence-electron chi connectivity index (χ4n) is 4.21. The highest BCUT2D eigenvalue weighted by Crippen LogP contribution is 2.40. The van der Waals surface area contributed by atoms with Crippen LogP contribution in [-0.4, -0.2) is 49.2 Å². The summed E-state index contributed by atoms with van der Waals surface area (Å²) in [5.41, 5.74) is 9.71. The molecule has 0 aromatic heterocycles. The second-order valence-corrected chi connectivity index (χ2v) is 8.25. The molecule has 1 heterocycles. The molecule has 28 heavy (non-hydrogen) atoms. The van der Waals surface area contributed by atoms with Gasteiger partial charge in [-0.05, 0) is 36.1 Å². The molecule has 1 aliphatic heterocycles. The molecule has 1 saturated carbocycles. The normalized spacial score (nSPS) is 26.9. The van der Waals surface area contributed by atoms with Crippen molar-refractivity contribution in [2.75, 3.05) is 26.7 Å². The van der Waals surface area contributed by atoms with E-state index in [1.807, 2.05) is 24.3 Å². The summed E-state index contributed by atoms with van der Waals surface area (Å²) in [7, 11) is 1.40. The molecule has 3 atom stereocenters. The maximum absolute atomic E-state index is 11.5. The van der Waals surface area contributed by atoms with Crippen molar-refractivity contribution >= 4 is 5.97 Å². The molecule has 1 aliphatic carbocycles. The molecule has 2 aliphatic rings. The molecule has 1 saturated heterocycles. The lowest BCUT2D eigenvalue weighted by molar-refractivity contribution is 0.0600. The molecule has 0 bridgehead atoms. The van der Waals surface area contributed by atoms with E-state index in [1.165, 1.54) is 24.7 Å². The van der Waals surface area contributed by atoms with Gasteiger partial charge in [0.2, 0.25) is 0 Å². The van der Waals surface area contributed by atoms with Gasteiger partial charge in [0.1, 0.15) is 0 Å². The second-order valence-electron chi connectivity index (χ2n) is 8.25. The number of carbonyl (C=O) groups is 1. The monoisotopic (exact) mass is 379 g/mol. The number of benzene rings is 2. The summed E-state index contributed by atoms with van der Waals surface area (Å²) in [6.45, 7) is 3.61. The van der Waals surface area contributed by atoms with Crippen molar-refractivity contribution in [2.24, 2.45) is 5.73 Å². The first-order chi connectivity index (χ1) is 13.6. The van der Waals surface area contributed by atoms with Gasteiger partial charge in [-0.3, -0.25) is 4.90 Å². The molecule has 2 aromatic carbocycles. The van der Waals surface area contributed by atoms with Crippen molar-refractivity contribution in [3.63, 3.8) is 0 Å². The summed E-state index contributed by atoms with van der Waals surface area (Å²) in [5, 5.41) is 3.70. The molecule has 3 N–H and O–H groups in total. The minimum atomic E-state index is -0.298. The number of ether oxygens (including phenoxy) is 1. The second kappa shape index (κ2) is 8.03. The van der Waals surface area contributed by atoms with Crippen LogP contribution in [0.3, 0.4) is 0 Å². The van der Waals surface area contributed by atoms with Gasteiger partial charge in [-0.25, -0.2) is 4.79 Å². The van der Waals surface area contributed by atoms with Crippen LogP contribution < -0.4 is 11.1 Å². The average Bonchev–Trinajstić information content (AvgIpc) is 3.43. The first kappa shape index (κ1) is 19.1. The Balaban J connectivity index is 1.25. The number of methoxy groups -OCH3 is 1. The van der Waals surface area contributed by atoms with Gasteiger partial charge < -0.3 is 15.8 Å². The fourth-order valence-corrected chi connectivity index (χ4v) is 4.21. The first-order valence-electron chi connectivity index (χ1n) is 10.0. The van der Waals surface area contributed by atoms with E-state index < -0.39 is 0 Å². The third-order valence-electron chi connectivity index (χ3n) is 5.98. The summed E-state index contributed by atoms with van der Waals surface area (Å²) in [6, 6.07) is 18.9. The standard InChI is InChI=1S/C23H29N3O2/c1-28-22(27)19-9-7-17(8-10-19)14-26-12-11-23(24,16-26)15-25-21-13-20(21)18-5-3-2-4-6-18/h2-10,20-21,25H,11-16,24H2,1H3/t20-,21+,23+/m0/s1. The smallest absolute Gasteiger partial charge is 0.337 e. The summed E-state index contributed by atoms with van der Waals surface area (Å²) in [5.74, 6) is 0.337. The predicted octanol–water partition coefficient (Wildman–Crippen LogP) is 2.52. The average molecular weight is 380 g/mol. The van der Waals surface area contributed by atoms with E-state index in [0.717, 1.165) is 32.6 Å². The minimum Gasteiger partial charge on any atom is -0.465 e. The van der Waals surface area contributed by atoms with E-state index in [4.69, 9.17) is 10.5 Å². The van der Waals surface area contributed by atoms with Gasteiger partial charge in [0.05, 0.1) is 12.7 Å². The van der Waals surface area contributed by atoms with Crippen molar-refractivity contribution in [2.45, 2.75) is 36.9 Å². The lowest BCUT2D eigenvalue weighted by Gasteiger charge is -2.25. The van der Waals surface area contributed by atoms with E-state index in [0.29, 0.717) is 17.5 Å². The van der Waals surface area contributed by atoms with Gasteiger partial charge in [0.15, 0.2) is 0 Å². The van der Waals surface area contributed by atoms with Gasteiger partial charge in [-0.2, -0.15) is 0 Å². The Morgan fingerprint density at radius 2 is 1.96 bits per heavy atom. The van der Waals surface area contributed by atoms with E-state index >= 15 is 0 Å². The van der Waals surface area contributed by atoms with Crippen LogP contribution in [0, 0.1) is 0 Å². The fraction of sp³-hybridized carbons (Fsp3) is 0.435. The van der Waals surface area contributed by atoms with Crippen molar-refractivity contribution in [1.29, 1.82) is 0 Å². The van der Waals surface area contributed by atoms with Crippen LogP contribution >= 0.6 is 0 Å². The van der Waals surface area contributed by atoms with E-state index in [1.54, 1.807) is 0 Å². The molecule has 5 nitrogen and oxygen atoms in total. The molecule has 148 valence electrons. The number of nitrogens with zero attached hydrogens (tertiary/aromatic N) is 1. The lowest BCUT2D eigenvalue weighted by Crippen LogP contribution is -2.51. The number of hydrogen-bond acceptors (Lipinski definition) is 5. The number of likely N-dealkylation sites (tertiary alicyclic amines) is 1. The number of nitrogens with one attached hydrogen (secondary N) is 1. The predicted molar refractivity (Wildman–Crippen MR) is 110 cm³/mol. The summed E-state index contributed by atoms with van der Waals surface area (Å²) < 4.78 is 4.75. The highest BCUT2D eigenvalue weighted by Gasteiger charge is 2.41. The van der Waals surface area contributed by atoms with Crippen LogP contribution in [0.25, 0.3) is 0 Å². The quantitative estimate of drug-likeness (QED) is 0.724. The van der Waals surface area contributed by atoms with Gasteiger partial charge in [0, 0.05) is 43.7 Å². The van der Waals surface area contributed by atoms with Crippen LogP contribution in [0.1, 0.15) is 40.2 Å². The van der Waals surface area contributed by atoms with Crippen LogP contribution in [0.4, 0.5) is 0 Å². The highest BCUT2D eigenvalue weighted by atomic mass is 16.5. The third kappa shape index (κ3) is 4.43. The highest BCUT2D eigenvalue weighted by molar-refractivity contribution is 5.89. The first-order valence-corrected chi connectivity index (χ1v) is 10.0. The Hall–Kier alpha value is -2.21. The van der Waals surface area contributed by atoms with Gasteiger partial charge >= 0.3 is 5.97 Å². The minimum absolute atomic E-state index is 0.171. The van der Waals surface area contributed by atoms with Crippen molar-refractivity contribution in [1.82, 2.24) is 10.2 Å². The SMILES string of the molecule is COC(=O)c1ccc(CN2CC[C@@](N)(CN[C@@H]3C[C@H]3c3ccccc3)C2)cc1. The number of carbonyl (C=O) groups excluding carboxylic acids is 1. The molecule has 2 aromatic rings. The van der Waals surface area contributed by atoms with Gasteiger partial charge in [-0.1, -0.05) is 42.5 Å². The molecule has 0 unspecified atom stereocenters. The van der Waals surface area contributed by atoms with Crippen molar-refractivity contribution < 1.29 is 9.53 Å². The van der Waals surface area contributed by atoms with Crippen LogP contribution in [0.2, 0.25) is 0 Å². The van der Waals surface area contributed by atoms with E-state index in [-0.39, 0.29) is 11.5 Å². The third-order valence-corrected chi connectivity index (χ3v) is 5.98. The van der Waals surface area contributed by atoms with E-state index in [2.05, 4.69) is 40.5 Å².